The van der Waals surface area contributed by atoms with E-state index < -0.39 is 5.41 Å². The minimum Gasteiger partial charge on any atom is -0.311 e. The molecule has 0 unspecified atom stereocenters. The van der Waals surface area contributed by atoms with Gasteiger partial charge in [0.25, 0.3) is 6.71 Å². The van der Waals surface area contributed by atoms with Gasteiger partial charge >= 0.3 is 0 Å². The van der Waals surface area contributed by atoms with Crippen molar-refractivity contribution >= 4 is 78.0 Å². The highest BCUT2D eigenvalue weighted by atomic mass is 32.1. The Labute approximate surface area is 435 Å². The van der Waals surface area contributed by atoms with Crippen molar-refractivity contribution in [3.8, 4) is 33.4 Å². The van der Waals surface area contributed by atoms with Crippen molar-refractivity contribution in [2.24, 2.45) is 0 Å². The van der Waals surface area contributed by atoms with Gasteiger partial charge in [0.15, 0.2) is 0 Å². The molecule has 1 spiro atoms. The molecule has 2 aliphatic carbocycles. The number of anilines is 6. The number of fused-ring (bicyclic) bond motifs is 16. The average Bonchev–Trinajstić information content (AvgIpc) is 4.00. The molecular weight excluding hydrogens is 900 g/mol. The molecule has 4 heteroatoms. The molecule has 0 amide bonds. The SMILES string of the molecule is Cc1cc2c3c(c1)N(c1ccc(C(C)(C)C)cc1)c1c(sc4cc5c(cc14)-c1ccc(C)cc1C51c4ccccc4-c4ccccc41)B3c1ccc(-c3c(C(C)C)cccc3C(C)C)cc1N2c1ccccc1. The molecule has 354 valence electrons. The van der Waals surface area contributed by atoms with Gasteiger partial charge in [0.1, 0.15) is 0 Å². The van der Waals surface area contributed by atoms with E-state index in [1.54, 1.807) is 0 Å². The molecule has 0 saturated heterocycles. The number of rotatable bonds is 5. The van der Waals surface area contributed by atoms with E-state index in [2.05, 4.69) is 254 Å². The van der Waals surface area contributed by atoms with Gasteiger partial charge in [-0.25, -0.2) is 0 Å². The summed E-state index contributed by atoms with van der Waals surface area (Å²) in [5.74, 6) is 0.762. The van der Waals surface area contributed by atoms with Crippen molar-refractivity contribution in [2.45, 2.75) is 85.0 Å². The first-order valence-electron chi connectivity index (χ1n) is 26.4. The number of nitrogens with zero attached hydrogens (tertiary/aromatic N) is 2. The lowest BCUT2D eigenvalue weighted by Crippen LogP contribution is -2.60. The zero-order valence-corrected chi connectivity index (χ0v) is 44.2. The third-order valence-electron chi connectivity index (χ3n) is 16.8. The van der Waals surface area contributed by atoms with E-state index in [0.717, 1.165) is 0 Å². The molecule has 9 aromatic carbocycles. The molecule has 73 heavy (non-hydrogen) atoms. The van der Waals surface area contributed by atoms with Crippen molar-refractivity contribution in [3.63, 3.8) is 0 Å². The van der Waals surface area contributed by atoms with Crippen LogP contribution in [0.15, 0.2) is 182 Å². The van der Waals surface area contributed by atoms with Gasteiger partial charge in [-0.15, -0.1) is 11.3 Å². The summed E-state index contributed by atoms with van der Waals surface area (Å²) in [5.41, 5.74) is 29.9. The number of benzene rings is 9. The fourth-order valence-corrected chi connectivity index (χ4v) is 15.0. The third kappa shape index (κ3) is 6.17. The molecule has 0 saturated carbocycles. The summed E-state index contributed by atoms with van der Waals surface area (Å²) in [6.45, 7) is 20.9. The Balaban J connectivity index is 1.09. The molecular formula is C69H59BN2S. The Bertz CT molecular complexity index is 3870. The standard InChI is InChI=1S/C69H59BN2S/c1-40(2)48-22-17-23-49(41(3)4)64(48)44-27-33-59-60(37-44)71(46-18-11-10-12-19-46)61-35-43(6)36-62-65(61)70(59)67-66(72(62)47-30-28-45(29-31-47)68(7,8)9)54-38-53-52-32-26-42(5)34-57(52)69(58(53)39-63(54)73-67)55-24-15-13-20-50(55)51-21-14-16-25-56(51)69/h10-41H,1-9H3. The van der Waals surface area contributed by atoms with Crippen LogP contribution >= 0.6 is 11.3 Å². The van der Waals surface area contributed by atoms with E-state index in [9.17, 15) is 0 Å². The van der Waals surface area contributed by atoms with Gasteiger partial charge in [-0.1, -0.05) is 181 Å². The summed E-state index contributed by atoms with van der Waals surface area (Å²) in [6.07, 6.45) is 0. The second-order valence-corrected chi connectivity index (χ2v) is 24.0. The lowest BCUT2D eigenvalue weighted by Gasteiger charge is -2.43. The molecule has 0 bridgehead atoms. The first-order valence-corrected chi connectivity index (χ1v) is 27.2. The summed E-state index contributed by atoms with van der Waals surface area (Å²) in [4.78, 5) is 5.23. The van der Waals surface area contributed by atoms with Crippen LogP contribution < -0.4 is 25.5 Å². The number of para-hydroxylation sites is 1. The molecule has 0 radical (unpaired) electrons. The van der Waals surface area contributed by atoms with Gasteiger partial charge in [-0.2, -0.15) is 0 Å². The van der Waals surface area contributed by atoms with Crippen LogP contribution in [0.5, 0.6) is 0 Å². The molecule has 14 rings (SSSR count). The Morgan fingerprint density at radius 3 is 1.75 bits per heavy atom. The summed E-state index contributed by atoms with van der Waals surface area (Å²) >= 11 is 2.01. The fourth-order valence-electron chi connectivity index (χ4n) is 13.6. The highest BCUT2D eigenvalue weighted by Gasteiger charge is 2.53. The van der Waals surface area contributed by atoms with Crippen LogP contribution in [-0.2, 0) is 10.8 Å². The minimum atomic E-state index is -0.427. The van der Waals surface area contributed by atoms with Gasteiger partial charge in [-0.05, 0) is 175 Å². The molecule has 4 aliphatic rings. The smallest absolute Gasteiger partial charge is 0.264 e. The quantitative estimate of drug-likeness (QED) is 0.159. The lowest BCUT2D eigenvalue weighted by atomic mass is 9.36. The van der Waals surface area contributed by atoms with Gasteiger partial charge in [0, 0.05) is 43.3 Å². The van der Waals surface area contributed by atoms with E-state index in [1.165, 1.54) is 143 Å². The van der Waals surface area contributed by atoms with Crippen LogP contribution in [0.3, 0.4) is 0 Å². The first kappa shape index (κ1) is 44.3. The van der Waals surface area contributed by atoms with E-state index in [4.69, 9.17) is 0 Å². The Morgan fingerprint density at radius 1 is 0.493 bits per heavy atom. The predicted molar refractivity (Wildman–Crippen MR) is 314 cm³/mol. The van der Waals surface area contributed by atoms with Crippen LogP contribution in [-0.4, -0.2) is 6.71 Å². The van der Waals surface area contributed by atoms with Crippen molar-refractivity contribution in [2.75, 3.05) is 9.80 Å². The first-order chi connectivity index (χ1) is 35.3. The minimum absolute atomic E-state index is 0.00342. The lowest BCUT2D eigenvalue weighted by molar-refractivity contribution is 0.590. The number of thiophene rings is 1. The topological polar surface area (TPSA) is 6.48 Å². The number of aryl methyl sites for hydroxylation is 2. The summed E-state index contributed by atoms with van der Waals surface area (Å²) in [5, 5.41) is 1.31. The second-order valence-electron chi connectivity index (χ2n) is 22.9. The highest BCUT2D eigenvalue weighted by Crippen LogP contribution is 2.64. The zero-order chi connectivity index (χ0) is 49.8. The highest BCUT2D eigenvalue weighted by molar-refractivity contribution is 7.33. The van der Waals surface area contributed by atoms with Gasteiger partial charge in [0.05, 0.1) is 11.1 Å². The van der Waals surface area contributed by atoms with E-state index in [0.29, 0.717) is 11.8 Å². The molecule has 2 aliphatic heterocycles. The van der Waals surface area contributed by atoms with Gasteiger partial charge < -0.3 is 9.80 Å². The van der Waals surface area contributed by atoms with Gasteiger partial charge in [0.2, 0.25) is 0 Å². The molecule has 0 atom stereocenters. The number of hydrogen-bond donors (Lipinski definition) is 0. The Kier molecular flexibility index (Phi) is 9.59. The largest absolute Gasteiger partial charge is 0.311 e. The van der Waals surface area contributed by atoms with Crippen molar-refractivity contribution < 1.29 is 0 Å². The maximum absolute atomic E-state index is 2.65. The summed E-state index contributed by atoms with van der Waals surface area (Å²) < 4.78 is 2.72. The van der Waals surface area contributed by atoms with E-state index >= 15 is 0 Å². The zero-order valence-electron chi connectivity index (χ0n) is 43.4. The number of hydrogen-bond acceptors (Lipinski definition) is 3. The normalized spacial score (nSPS) is 14.4. The molecule has 1 aromatic heterocycles. The average molecular weight is 959 g/mol. The van der Waals surface area contributed by atoms with Crippen LogP contribution in [0.25, 0.3) is 43.5 Å². The Hall–Kier alpha value is -7.40. The maximum Gasteiger partial charge on any atom is 0.264 e. The van der Waals surface area contributed by atoms with Gasteiger partial charge in [-0.3, -0.25) is 0 Å². The molecule has 2 nitrogen and oxygen atoms in total. The van der Waals surface area contributed by atoms with Crippen LogP contribution in [0, 0.1) is 13.8 Å². The molecule has 0 fully saturated rings. The third-order valence-corrected chi connectivity index (χ3v) is 18.0. The van der Waals surface area contributed by atoms with Crippen LogP contribution in [0.2, 0.25) is 0 Å². The van der Waals surface area contributed by atoms with Crippen molar-refractivity contribution in [1.29, 1.82) is 0 Å². The Morgan fingerprint density at radius 2 is 1.10 bits per heavy atom. The van der Waals surface area contributed by atoms with Crippen molar-refractivity contribution in [1.82, 2.24) is 0 Å². The van der Waals surface area contributed by atoms with Crippen molar-refractivity contribution in [3.05, 3.63) is 232 Å². The predicted octanol–water partition coefficient (Wildman–Crippen LogP) is 17.2. The maximum atomic E-state index is 2.65. The van der Waals surface area contributed by atoms with Crippen LogP contribution in [0.4, 0.5) is 34.1 Å². The summed E-state index contributed by atoms with van der Waals surface area (Å²) in [7, 11) is 0. The summed E-state index contributed by atoms with van der Waals surface area (Å²) in [6, 6.07) is 70.8. The van der Waals surface area contributed by atoms with E-state index in [-0.39, 0.29) is 12.1 Å². The monoisotopic (exact) mass is 958 g/mol. The molecule has 10 aromatic rings. The fraction of sp³-hybridized carbons (Fsp3) is 0.188. The molecule has 0 N–H and O–H groups in total. The van der Waals surface area contributed by atoms with Crippen LogP contribution in [0.1, 0.15) is 110 Å². The molecule has 3 heterocycles. The second kappa shape index (κ2) is 15.8. The van der Waals surface area contributed by atoms with E-state index in [1.807, 2.05) is 11.3 Å².